The maximum Gasteiger partial charge on any atom is 0.0622 e. The molecule has 0 radical (unpaired) electrons. The molecule has 90 valence electrons. The number of rotatable bonds is 6. The molecule has 1 aliphatic heterocycles. The SMILES string of the molecule is CCCNC(C)C(C)N(C)C1CCOC1. The van der Waals surface area contributed by atoms with Gasteiger partial charge in [0, 0.05) is 24.7 Å². The molecule has 0 bridgehead atoms. The van der Waals surface area contributed by atoms with E-state index in [9.17, 15) is 0 Å². The van der Waals surface area contributed by atoms with Crippen LogP contribution in [0.1, 0.15) is 33.6 Å². The van der Waals surface area contributed by atoms with E-state index >= 15 is 0 Å². The molecule has 3 heteroatoms. The molecular formula is C12H26N2O. The van der Waals surface area contributed by atoms with Crippen molar-refractivity contribution in [2.45, 2.75) is 51.7 Å². The maximum absolute atomic E-state index is 5.43. The molecule has 0 saturated carbocycles. The summed E-state index contributed by atoms with van der Waals surface area (Å²) in [4.78, 5) is 2.46. The monoisotopic (exact) mass is 214 g/mol. The summed E-state index contributed by atoms with van der Waals surface area (Å²) in [5.41, 5.74) is 0. The summed E-state index contributed by atoms with van der Waals surface area (Å²) in [6.07, 6.45) is 2.38. The van der Waals surface area contributed by atoms with Crippen molar-refractivity contribution in [1.82, 2.24) is 10.2 Å². The van der Waals surface area contributed by atoms with Gasteiger partial charge >= 0.3 is 0 Å². The van der Waals surface area contributed by atoms with Crippen LogP contribution in [0, 0.1) is 0 Å². The van der Waals surface area contributed by atoms with Gasteiger partial charge in [0.15, 0.2) is 0 Å². The van der Waals surface area contributed by atoms with Crippen molar-refractivity contribution >= 4 is 0 Å². The molecule has 1 aliphatic rings. The van der Waals surface area contributed by atoms with Gasteiger partial charge in [-0.25, -0.2) is 0 Å². The van der Waals surface area contributed by atoms with Gasteiger partial charge in [0.1, 0.15) is 0 Å². The van der Waals surface area contributed by atoms with Crippen LogP contribution in [0.25, 0.3) is 0 Å². The van der Waals surface area contributed by atoms with Crippen LogP contribution in [0.3, 0.4) is 0 Å². The lowest BCUT2D eigenvalue weighted by atomic mass is 10.1. The van der Waals surface area contributed by atoms with Gasteiger partial charge in [-0.2, -0.15) is 0 Å². The highest BCUT2D eigenvalue weighted by Crippen LogP contribution is 2.14. The number of hydrogen-bond donors (Lipinski definition) is 1. The van der Waals surface area contributed by atoms with Crippen LogP contribution in [0.5, 0.6) is 0 Å². The molecule has 3 atom stereocenters. The van der Waals surface area contributed by atoms with E-state index < -0.39 is 0 Å². The molecule has 0 amide bonds. The third kappa shape index (κ3) is 3.74. The highest BCUT2D eigenvalue weighted by atomic mass is 16.5. The van der Waals surface area contributed by atoms with Crippen molar-refractivity contribution in [3.63, 3.8) is 0 Å². The van der Waals surface area contributed by atoms with Gasteiger partial charge in [0.2, 0.25) is 0 Å². The first-order chi connectivity index (χ1) is 7.16. The van der Waals surface area contributed by atoms with Crippen LogP contribution in [-0.2, 0) is 4.74 Å². The fourth-order valence-corrected chi connectivity index (χ4v) is 2.07. The van der Waals surface area contributed by atoms with Crippen molar-refractivity contribution in [2.24, 2.45) is 0 Å². The zero-order chi connectivity index (χ0) is 11.3. The molecule has 1 saturated heterocycles. The molecule has 15 heavy (non-hydrogen) atoms. The Balaban J connectivity index is 2.33. The Labute approximate surface area is 94.2 Å². The Bertz CT molecular complexity index is 169. The maximum atomic E-state index is 5.43. The number of likely N-dealkylation sites (N-methyl/N-ethyl adjacent to an activating group) is 1. The van der Waals surface area contributed by atoms with E-state index in [1.807, 2.05) is 0 Å². The molecular weight excluding hydrogens is 188 g/mol. The third-order valence-electron chi connectivity index (χ3n) is 3.56. The number of hydrogen-bond acceptors (Lipinski definition) is 3. The minimum atomic E-state index is 0.551. The summed E-state index contributed by atoms with van der Waals surface area (Å²) in [5, 5.41) is 3.55. The molecule has 0 spiro atoms. The number of ether oxygens (including phenoxy) is 1. The first-order valence-corrected chi connectivity index (χ1v) is 6.19. The molecule has 1 heterocycles. The molecule has 1 N–H and O–H groups in total. The van der Waals surface area contributed by atoms with E-state index in [0.717, 1.165) is 19.8 Å². The topological polar surface area (TPSA) is 24.5 Å². The Hall–Kier alpha value is -0.120. The number of nitrogens with zero attached hydrogens (tertiary/aromatic N) is 1. The first-order valence-electron chi connectivity index (χ1n) is 6.19. The fraction of sp³-hybridized carbons (Fsp3) is 1.00. The van der Waals surface area contributed by atoms with Gasteiger partial charge in [-0.15, -0.1) is 0 Å². The van der Waals surface area contributed by atoms with Gasteiger partial charge < -0.3 is 10.1 Å². The Morgan fingerprint density at radius 1 is 1.47 bits per heavy atom. The van der Waals surface area contributed by atoms with Gasteiger partial charge in [-0.1, -0.05) is 6.92 Å². The Morgan fingerprint density at radius 2 is 2.20 bits per heavy atom. The van der Waals surface area contributed by atoms with E-state index in [4.69, 9.17) is 4.74 Å². The summed E-state index contributed by atoms with van der Waals surface area (Å²) in [7, 11) is 2.22. The van der Waals surface area contributed by atoms with Crippen LogP contribution in [0.2, 0.25) is 0 Å². The summed E-state index contributed by atoms with van der Waals surface area (Å²) in [6, 6.07) is 1.74. The minimum absolute atomic E-state index is 0.551. The van der Waals surface area contributed by atoms with Gasteiger partial charge in [-0.3, -0.25) is 4.90 Å². The van der Waals surface area contributed by atoms with Crippen LogP contribution in [-0.4, -0.2) is 49.8 Å². The van der Waals surface area contributed by atoms with Crippen molar-refractivity contribution in [3.8, 4) is 0 Å². The predicted octanol–water partition coefficient (Wildman–Crippen LogP) is 1.48. The lowest BCUT2D eigenvalue weighted by Gasteiger charge is -2.34. The van der Waals surface area contributed by atoms with E-state index in [2.05, 4.69) is 38.0 Å². The molecule has 0 aliphatic carbocycles. The summed E-state index contributed by atoms with van der Waals surface area (Å²) in [6.45, 7) is 9.72. The van der Waals surface area contributed by atoms with Crippen molar-refractivity contribution in [1.29, 1.82) is 0 Å². The van der Waals surface area contributed by atoms with Crippen LogP contribution in [0.15, 0.2) is 0 Å². The van der Waals surface area contributed by atoms with Gasteiger partial charge in [0.25, 0.3) is 0 Å². The van der Waals surface area contributed by atoms with E-state index in [0.29, 0.717) is 18.1 Å². The normalized spacial score (nSPS) is 25.8. The van der Waals surface area contributed by atoms with Crippen molar-refractivity contribution < 1.29 is 4.74 Å². The quantitative estimate of drug-likeness (QED) is 0.725. The van der Waals surface area contributed by atoms with Crippen LogP contribution in [0.4, 0.5) is 0 Å². The van der Waals surface area contributed by atoms with E-state index in [-0.39, 0.29) is 0 Å². The summed E-state index contributed by atoms with van der Waals surface area (Å²) in [5.74, 6) is 0. The predicted molar refractivity (Wildman–Crippen MR) is 64.2 cm³/mol. The summed E-state index contributed by atoms with van der Waals surface area (Å²) >= 11 is 0. The Morgan fingerprint density at radius 3 is 2.73 bits per heavy atom. The molecule has 0 aromatic carbocycles. The second-order valence-corrected chi connectivity index (χ2v) is 4.67. The average molecular weight is 214 g/mol. The molecule has 0 aromatic heterocycles. The minimum Gasteiger partial charge on any atom is -0.380 e. The molecule has 1 fully saturated rings. The lowest BCUT2D eigenvalue weighted by molar-refractivity contribution is 0.123. The smallest absolute Gasteiger partial charge is 0.0622 e. The fourth-order valence-electron chi connectivity index (χ4n) is 2.07. The molecule has 3 unspecified atom stereocenters. The Kier molecular flexibility index (Phi) is 5.58. The first kappa shape index (κ1) is 12.9. The standard InChI is InChI=1S/C12H26N2O/c1-5-7-13-10(2)11(3)14(4)12-6-8-15-9-12/h10-13H,5-9H2,1-4H3. The van der Waals surface area contributed by atoms with Gasteiger partial charge in [-0.05, 0) is 40.3 Å². The van der Waals surface area contributed by atoms with E-state index in [1.165, 1.54) is 12.8 Å². The van der Waals surface area contributed by atoms with Crippen molar-refractivity contribution in [2.75, 3.05) is 26.8 Å². The highest BCUT2D eigenvalue weighted by Gasteiger charge is 2.26. The zero-order valence-corrected chi connectivity index (χ0v) is 10.6. The van der Waals surface area contributed by atoms with Crippen LogP contribution < -0.4 is 5.32 Å². The lowest BCUT2D eigenvalue weighted by Crippen LogP contribution is -2.49. The van der Waals surface area contributed by atoms with Gasteiger partial charge in [0.05, 0.1) is 6.61 Å². The molecule has 3 nitrogen and oxygen atoms in total. The molecule has 0 aromatic rings. The summed E-state index contributed by atoms with van der Waals surface area (Å²) < 4.78 is 5.43. The second kappa shape index (κ2) is 6.46. The number of nitrogens with one attached hydrogen (secondary N) is 1. The van der Waals surface area contributed by atoms with Crippen LogP contribution >= 0.6 is 0 Å². The third-order valence-corrected chi connectivity index (χ3v) is 3.56. The second-order valence-electron chi connectivity index (χ2n) is 4.67. The molecule has 1 rings (SSSR count). The average Bonchev–Trinajstić information content (AvgIpc) is 2.77. The largest absolute Gasteiger partial charge is 0.380 e. The zero-order valence-electron chi connectivity index (χ0n) is 10.6. The highest BCUT2D eigenvalue weighted by molar-refractivity contribution is 4.82. The van der Waals surface area contributed by atoms with Crippen molar-refractivity contribution in [3.05, 3.63) is 0 Å². The van der Waals surface area contributed by atoms with E-state index in [1.54, 1.807) is 0 Å².